The van der Waals surface area contributed by atoms with Gasteiger partial charge in [-0.25, -0.2) is 0 Å². The highest BCUT2D eigenvalue weighted by molar-refractivity contribution is 5.66. The summed E-state index contributed by atoms with van der Waals surface area (Å²) >= 11 is 0. The van der Waals surface area contributed by atoms with E-state index >= 15 is 0 Å². The Morgan fingerprint density at radius 2 is 1.73 bits per heavy atom. The molecule has 0 aliphatic heterocycles. The zero-order chi connectivity index (χ0) is 12.3. The molecule has 5 nitrogen and oxygen atoms in total. The van der Waals surface area contributed by atoms with Gasteiger partial charge in [0.1, 0.15) is 6.10 Å². The predicted octanol–water partition coefficient (Wildman–Crippen LogP) is 1.15. The molecule has 5 heteroatoms. The normalized spacial score (nSPS) is 10.7. The molecule has 90 valence electrons. The minimum atomic E-state index is -0.264. The fourth-order valence-electron chi connectivity index (χ4n) is 0.755. The highest BCUT2D eigenvalue weighted by atomic mass is 16.6. The first-order chi connectivity index (χ1) is 6.93. The number of ether oxygens (including phenoxy) is 3. The third-order valence-corrected chi connectivity index (χ3v) is 1.12. The van der Waals surface area contributed by atoms with Crippen LogP contribution in [0.4, 0.5) is 0 Å². The van der Waals surface area contributed by atoms with E-state index in [9.17, 15) is 9.59 Å². The monoisotopic (exact) mass is 220 g/mol. The van der Waals surface area contributed by atoms with Gasteiger partial charge in [-0.15, -0.1) is 0 Å². The Bertz CT molecular complexity index is 179. The number of carbonyl (C=O) groups excluding carboxylic acids is 2. The van der Waals surface area contributed by atoms with Crippen molar-refractivity contribution in [3.8, 4) is 0 Å². The molecule has 1 atom stereocenters. The Labute approximate surface area is 90.7 Å². The van der Waals surface area contributed by atoms with Crippen molar-refractivity contribution in [3.05, 3.63) is 0 Å². The van der Waals surface area contributed by atoms with Crippen LogP contribution in [0.2, 0.25) is 0 Å². The van der Waals surface area contributed by atoms with Crippen molar-refractivity contribution in [2.24, 2.45) is 0 Å². The molecule has 0 aliphatic rings. The SMILES string of the molecule is CCOC(C)=O.COCC(C)OC(C)=O. The van der Waals surface area contributed by atoms with E-state index in [0.717, 1.165) is 0 Å². The van der Waals surface area contributed by atoms with E-state index < -0.39 is 0 Å². The lowest BCUT2D eigenvalue weighted by molar-refractivity contribution is -0.147. The van der Waals surface area contributed by atoms with Crippen molar-refractivity contribution < 1.29 is 23.8 Å². The molecular weight excluding hydrogens is 200 g/mol. The Kier molecular flexibility index (Phi) is 12.0. The van der Waals surface area contributed by atoms with Crippen molar-refractivity contribution in [2.75, 3.05) is 20.3 Å². The third kappa shape index (κ3) is 19.3. The summed E-state index contributed by atoms with van der Waals surface area (Å²) < 4.78 is 13.9. The average Bonchev–Trinajstić information content (AvgIpc) is 2.03. The summed E-state index contributed by atoms with van der Waals surface area (Å²) in [4.78, 5) is 20.1. The minimum Gasteiger partial charge on any atom is -0.466 e. The van der Waals surface area contributed by atoms with E-state index in [1.807, 2.05) is 0 Å². The molecule has 0 heterocycles. The van der Waals surface area contributed by atoms with Crippen LogP contribution in [-0.4, -0.2) is 38.4 Å². The van der Waals surface area contributed by atoms with Crippen molar-refractivity contribution in [2.45, 2.75) is 33.8 Å². The van der Waals surface area contributed by atoms with Gasteiger partial charge in [0.15, 0.2) is 0 Å². The molecule has 0 bridgehead atoms. The van der Waals surface area contributed by atoms with Crippen LogP contribution in [0.5, 0.6) is 0 Å². The van der Waals surface area contributed by atoms with Crippen molar-refractivity contribution >= 4 is 11.9 Å². The first-order valence-corrected chi connectivity index (χ1v) is 4.73. The number of esters is 2. The zero-order valence-electron chi connectivity index (χ0n) is 10.0. The standard InChI is InChI=1S/C6H12O3.C4H8O2/c1-5(4-8-3)9-6(2)7;1-3-6-4(2)5/h5H,4H2,1-3H3;3H2,1-2H3. The molecule has 0 aromatic rings. The summed E-state index contributed by atoms with van der Waals surface area (Å²) in [6.45, 7) is 7.27. The zero-order valence-corrected chi connectivity index (χ0v) is 10.0. The van der Waals surface area contributed by atoms with E-state index in [0.29, 0.717) is 13.2 Å². The van der Waals surface area contributed by atoms with Crippen LogP contribution < -0.4 is 0 Å². The largest absolute Gasteiger partial charge is 0.466 e. The summed E-state index contributed by atoms with van der Waals surface area (Å²) in [6.07, 6.45) is -0.132. The van der Waals surface area contributed by atoms with E-state index in [-0.39, 0.29) is 18.0 Å². The van der Waals surface area contributed by atoms with Gasteiger partial charge in [-0.2, -0.15) is 0 Å². The lowest BCUT2D eigenvalue weighted by Crippen LogP contribution is -2.17. The summed E-state index contributed by atoms with van der Waals surface area (Å²) in [5.41, 5.74) is 0. The minimum absolute atomic E-state index is 0.132. The van der Waals surface area contributed by atoms with Crippen LogP contribution in [0.1, 0.15) is 27.7 Å². The van der Waals surface area contributed by atoms with Gasteiger partial charge in [0.2, 0.25) is 0 Å². The van der Waals surface area contributed by atoms with E-state index in [1.54, 1.807) is 21.0 Å². The van der Waals surface area contributed by atoms with Crippen LogP contribution in [0, 0.1) is 0 Å². The molecule has 0 amide bonds. The maximum absolute atomic E-state index is 10.3. The van der Waals surface area contributed by atoms with E-state index in [1.165, 1.54) is 13.8 Å². The van der Waals surface area contributed by atoms with Gasteiger partial charge in [0.05, 0.1) is 13.2 Å². The van der Waals surface area contributed by atoms with Crippen molar-refractivity contribution in [1.82, 2.24) is 0 Å². The molecule has 0 radical (unpaired) electrons. The molecule has 0 spiro atoms. The van der Waals surface area contributed by atoms with Gasteiger partial charge < -0.3 is 14.2 Å². The Balaban J connectivity index is 0. The quantitative estimate of drug-likeness (QED) is 0.665. The van der Waals surface area contributed by atoms with Gasteiger partial charge in [0.25, 0.3) is 0 Å². The highest BCUT2D eigenvalue weighted by Crippen LogP contribution is 1.90. The molecule has 0 N–H and O–H groups in total. The van der Waals surface area contributed by atoms with Gasteiger partial charge in [-0.1, -0.05) is 0 Å². The highest BCUT2D eigenvalue weighted by Gasteiger charge is 2.02. The summed E-state index contributed by atoms with van der Waals surface area (Å²) in [7, 11) is 1.57. The molecule has 0 aromatic heterocycles. The lowest BCUT2D eigenvalue weighted by Gasteiger charge is -2.08. The first kappa shape index (κ1) is 16.3. The maximum Gasteiger partial charge on any atom is 0.302 e. The number of methoxy groups -OCH3 is 1. The molecule has 0 saturated heterocycles. The number of carbonyl (C=O) groups is 2. The Morgan fingerprint density at radius 3 is 1.93 bits per heavy atom. The van der Waals surface area contributed by atoms with Gasteiger partial charge in [-0.05, 0) is 13.8 Å². The topological polar surface area (TPSA) is 61.8 Å². The van der Waals surface area contributed by atoms with Crippen LogP contribution >= 0.6 is 0 Å². The first-order valence-electron chi connectivity index (χ1n) is 4.73. The number of hydrogen-bond acceptors (Lipinski definition) is 5. The number of hydrogen-bond donors (Lipinski definition) is 0. The van der Waals surface area contributed by atoms with E-state index in [4.69, 9.17) is 9.47 Å². The Hall–Kier alpha value is -1.10. The summed E-state index contributed by atoms with van der Waals surface area (Å²) in [5.74, 6) is -0.475. The van der Waals surface area contributed by atoms with Crippen molar-refractivity contribution in [3.63, 3.8) is 0 Å². The van der Waals surface area contributed by atoms with Crippen LogP contribution in [-0.2, 0) is 23.8 Å². The van der Waals surface area contributed by atoms with Crippen LogP contribution in [0.3, 0.4) is 0 Å². The molecule has 0 fully saturated rings. The summed E-state index contributed by atoms with van der Waals surface area (Å²) in [5, 5.41) is 0. The second-order valence-corrected chi connectivity index (χ2v) is 2.80. The third-order valence-electron chi connectivity index (χ3n) is 1.12. The molecule has 0 rings (SSSR count). The fraction of sp³-hybridized carbons (Fsp3) is 0.800. The van der Waals surface area contributed by atoms with Gasteiger partial charge in [-0.3, -0.25) is 9.59 Å². The fourth-order valence-corrected chi connectivity index (χ4v) is 0.755. The molecule has 15 heavy (non-hydrogen) atoms. The number of rotatable bonds is 4. The molecule has 0 saturated carbocycles. The lowest BCUT2D eigenvalue weighted by atomic mass is 10.4. The molecule has 1 unspecified atom stereocenters. The predicted molar refractivity (Wildman–Crippen MR) is 55.4 cm³/mol. The van der Waals surface area contributed by atoms with Gasteiger partial charge in [0, 0.05) is 21.0 Å². The van der Waals surface area contributed by atoms with Gasteiger partial charge >= 0.3 is 11.9 Å². The molecule has 0 aromatic carbocycles. The van der Waals surface area contributed by atoms with Crippen LogP contribution in [0.15, 0.2) is 0 Å². The maximum atomic E-state index is 10.3. The van der Waals surface area contributed by atoms with Crippen LogP contribution in [0.25, 0.3) is 0 Å². The second kappa shape index (κ2) is 11.0. The van der Waals surface area contributed by atoms with Crippen molar-refractivity contribution in [1.29, 1.82) is 0 Å². The van der Waals surface area contributed by atoms with E-state index in [2.05, 4.69) is 4.74 Å². The average molecular weight is 220 g/mol. The summed E-state index contributed by atoms with van der Waals surface area (Å²) in [6, 6.07) is 0. The molecule has 0 aliphatic carbocycles. The smallest absolute Gasteiger partial charge is 0.302 e. The Morgan fingerprint density at radius 1 is 1.20 bits per heavy atom. The molecular formula is C10H20O5. The second-order valence-electron chi connectivity index (χ2n) is 2.80.